The van der Waals surface area contributed by atoms with Crippen molar-refractivity contribution in [3.63, 3.8) is 0 Å². The van der Waals surface area contributed by atoms with Crippen molar-refractivity contribution < 1.29 is 4.79 Å². The Morgan fingerprint density at radius 3 is 2.50 bits per heavy atom. The van der Waals surface area contributed by atoms with Gasteiger partial charge in [-0.05, 0) is 0 Å². The van der Waals surface area contributed by atoms with Crippen molar-refractivity contribution in [2.75, 3.05) is 5.88 Å². The third-order valence-electron chi connectivity index (χ3n) is 0.454. The van der Waals surface area contributed by atoms with E-state index in [0.29, 0.717) is 0 Å². The van der Waals surface area contributed by atoms with E-state index >= 15 is 0 Å². The highest BCUT2D eigenvalue weighted by Crippen LogP contribution is 1.80. The zero-order valence-electron chi connectivity index (χ0n) is 3.57. The molecule has 0 N–H and O–H groups in total. The Bertz CT molecular complexity index is 45.5. The number of Topliss-reactive ketones (excluding diaryl/α,β-unsaturated/α-hetero) is 1. The van der Waals surface area contributed by atoms with Crippen molar-refractivity contribution in [3.8, 4) is 0 Å². The van der Waals surface area contributed by atoms with Crippen LogP contribution in [-0.4, -0.2) is 11.7 Å². The van der Waals surface area contributed by atoms with Crippen LogP contribution >= 0.6 is 11.6 Å². The highest BCUT2D eigenvalue weighted by atomic mass is 35.5. The molecule has 0 unspecified atom stereocenters. The number of rotatable bonds is 2. The standard InChI is InChI=1S/C4H6ClO/c1-2-4(6)3-5/h2H,3H2,1H3. The number of ketones is 1. The van der Waals surface area contributed by atoms with Crippen molar-refractivity contribution in [2.45, 2.75) is 6.92 Å². The van der Waals surface area contributed by atoms with Gasteiger partial charge in [-0.15, -0.1) is 11.6 Å². The highest BCUT2D eigenvalue weighted by molar-refractivity contribution is 6.28. The summed E-state index contributed by atoms with van der Waals surface area (Å²) in [6.07, 6.45) is 1.45. The Morgan fingerprint density at radius 2 is 2.50 bits per heavy atom. The molecule has 0 saturated heterocycles. The zero-order valence-corrected chi connectivity index (χ0v) is 4.33. The fourth-order valence-electron chi connectivity index (χ4n) is 0.0772. The number of halogens is 1. The van der Waals surface area contributed by atoms with E-state index < -0.39 is 0 Å². The highest BCUT2D eigenvalue weighted by Gasteiger charge is 1.89. The maximum atomic E-state index is 9.99. The molecule has 0 fully saturated rings. The summed E-state index contributed by atoms with van der Waals surface area (Å²) in [7, 11) is 0. The van der Waals surface area contributed by atoms with E-state index in [4.69, 9.17) is 11.6 Å². The molecular weight excluding hydrogens is 99.5 g/mol. The maximum absolute atomic E-state index is 9.99. The van der Waals surface area contributed by atoms with Crippen molar-refractivity contribution in [1.29, 1.82) is 0 Å². The summed E-state index contributed by atoms with van der Waals surface area (Å²) in [5.74, 6) is 0.0907. The summed E-state index contributed by atoms with van der Waals surface area (Å²) in [6, 6.07) is 0. The SMILES string of the molecule is C[CH]C(=O)CCl. The average molecular weight is 106 g/mol. The van der Waals surface area contributed by atoms with Gasteiger partial charge in [-0.25, -0.2) is 0 Å². The van der Waals surface area contributed by atoms with Gasteiger partial charge in [0.15, 0.2) is 5.78 Å². The minimum atomic E-state index is -0.0170. The van der Waals surface area contributed by atoms with Crippen LogP contribution in [0, 0.1) is 6.42 Å². The minimum absolute atomic E-state index is 0.0170. The largest absolute Gasteiger partial charge is 0.298 e. The first kappa shape index (κ1) is 5.96. The van der Waals surface area contributed by atoms with E-state index in [0.717, 1.165) is 0 Å². The van der Waals surface area contributed by atoms with E-state index in [1.165, 1.54) is 6.42 Å². The predicted octanol–water partition coefficient (Wildman–Crippen LogP) is 1.02. The van der Waals surface area contributed by atoms with E-state index in [1.54, 1.807) is 6.92 Å². The van der Waals surface area contributed by atoms with Crippen molar-refractivity contribution in [3.05, 3.63) is 6.42 Å². The van der Waals surface area contributed by atoms with Crippen LogP contribution in [0.1, 0.15) is 6.92 Å². The van der Waals surface area contributed by atoms with Gasteiger partial charge in [0.2, 0.25) is 0 Å². The molecule has 0 spiro atoms. The minimum Gasteiger partial charge on any atom is -0.298 e. The smallest absolute Gasteiger partial charge is 0.151 e. The first-order valence-electron chi connectivity index (χ1n) is 1.69. The van der Waals surface area contributed by atoms with Crippen LogP contribution in [0.4, 0.5) is 0 Å². The van der Waals surface area contributed by atoms with Crippen LogP contribution in [-0.2, 0) is 4.79 Å². The van der Waals surface area contributed by atoms with Crippen LogP contribution in [0.25, 0.3) is 0 Å². The summed E-state index contributed by atoms with van der Waals surface area (Å²) in [4.78, 5) is 9.99. The maximum Gasteiger partial charge on any atom is 0.151 e. The Balaban J connectivity index is 2.99. The van der Waals surface area contributed by atoms with Crippen molar-refractivity contribution in [1.82, 2.24) is 0 Å². The van der Waals surface area contributed by atoms with Crippen LogP contribution in [0.15, 0.2) is 0 Å². The molecule has 0 aromatic heterocycles. The predicted molar refractivity (Wildman–Crippen MR) is 25.7 cm³/mol. The molecule has 0 aliphatic heterocycles. The van der Waals surface area contributed by atoms with Gasteiger partial charge in [-0.3, -0.25) is 4.79 Å². The summed E-state index contributed by atoms with van der Waals surface area (Å²) >= 11 is 5.07. The molecule has 0 aromatic carbocycles. The third kappa shape index (κ3) is 2.21. The van der Waals surface area contributed by atoms with Gasteiger partial charge >= 0.3 is 0 Å². The van der Waals surface area contributed by atoms with Crippen LogP contribution in [0.3, 0.4) is 0 Å². The second kappa shape index (κ2) is 3.16. The van der Waals surface area contributed by atoms with E-state index in [-0.39, 0.29) is 11.7 Å². The van der Waals surface area contributed by atoms with Crippen LogP contribution in [0.5, 0.6) is 0 Å². The first-order valence-corrected chi connectivity index (χ1v) is 2.23. The fourth-order valence-corrected chi connectivity index (χ4v) is 0.231. The summed E-state index contributed by atoms with van der Waals surface area (Å²) in [5.41, 5.74) is 0. The van der Waals surface area contributed by atoms with E-state index in [9.17, 15) is 4.79 Å². The lowest BCUT2D eigenvalue weighted by Gasteiger charge is -1.78. The summed E-state index contributed by atoms with van der Waals surface area (Å²) in [5, 5.41) is 0. The number of hydrogen-bond donors (Lipinski definition) is 0. The Hall–Kier alpha value is -0.0400. The molecule has 1 radical (unpaired) electrons. The molecule has 0 aliphatic carbocycles. The number of hydrogen-bond acceptors (Lipinski definition) is 1. The second-order valence-corrected chi connectivity index (χ2v) is 1.16. The zero-order chi connectivity index (χ0) is 4.99. The molecule has 0 bridgehead atoms. The molecule has 0 aliphatic rings. The lowest BCUT2D eigenvalue weighted by atomic mass is 10.4. The first-order chi connectivity index (χ1) is 2.81. The molecule has 6 heavy (non-hydrogen) atoms. The molecule has 0 rings (SSSR count). The van der Waals surface area contributed by atoms with Crippen molar-refractivity contribution in [2.24, 2.45) is 0 Å². The summed E-state index contributed by atoms with van der Waals surface area (Å²) < 4.78 is 0. The van der Waals surface area contributed by atoms with E-state index in [1.807, 2.05) is 0 Å². The molecule has 0 atom stereocenters. The van der Waals surface area contributed by atoms with Crippen LogP contribution < -0.4 is 0 Å². The van der Waals surface area contributed by atoms with Gasteiger partial charge in [-0.2, -0.15) is 0 Å². The summed E-state index contributed by atoms with van der Waals surface area (Å²) in [6.45, 7) is 1.67. The Labute approximate surface area is 42.3 Å². The Kier molecular flexibility index (Phi) is 3.14. The van der Waals surface area contributed by atoms with Gasteiger partial charge in [0.1, 0.15) is 0 Å². The molecule has 0 aromatic rings. The van der Waals surface area contributed by atoms with Gasteiger partial charge in [-0.1, -0.05) is 6.92 Å². The quantitative estimate of drug-likeness (QED) is 0.479. The lowest BCUT2D eigenvalue weighted by molar-refractivity contribution is -0.113. The molecule has 35 valence electrons. The molecular formula is C4H6ClO. The van der Waals surface area contributed by atoms with Crippen molar-refractivity contribution >= 4 is 17.4 Å². The van der Waals surface area contributed by atoms with E-state index in [2.05, 4.69) is 0 Å². The third-order valence-corrected chi connectivity index (χ3v) is 0.717. The van der Waals surface area contributed by atoms with Crippen LogP contribution in [0.2, 0.25) is 0 Å². The molecule has 0 amide bonds. The number of carbonyl (C=O) groups is 1. The molecule has 0 heterocycles. The molecule has 1 nitrogen and oxygen atoms in total. The molecule has 0 saturated carbocycles. The van der Waals surface area contributed by atoms with Gasteiger partial charge in [0.05, 0.1) is 5.88 Å². The lowest BCUT2D eigenvalue weighted by Crippen LogP contribution is -1.94. The monoisotopic (exact) mass is 105 g/mol. The second-order valence-electron chi connectivity index (χ2n) is 0.889. The van der Waals surface area contributed by atoms with Gasteiger partial charge < -0.3 is 0 Å². The van der Waals surface area contributed by atoms with Gasteiger partial charge in [0.25, 0.3) is 0 Å². The van der Waals surface area contributed by atoms with Gasteiger partial charge in [0, 0.05) is 6.42 Å². The molecule has 2 heteroatoms. The average Bonchev–Trinajstić information content (AvgIpc) is 1.65. The number of alkyl halides is 1. The fraction of sp³-hybridized carbons (Fsp3) is 0.500. The number of carbonyl (C=O) groups excluding carboxylic acids is 1. The topological polar surface area (TPSA) is 17.1 Å². The Morgan fingerprint density at radius 1 is 2.00 bits per heavy atom. The normalized spacial score (nSPS) is 8.33.